The number of quaternary nitrogens is 1. The maximum atomic E-state index is 13.4. The molecule has 2 N–H and O–H groups in total. The van der Waals surface area contributed by atoms with Crippen molar-refractivity contribution < 1.29 is 37.3 Å². The molecule has 0 heterocycles. The minimum absolute atomic E-state index is 0.0415. The van der Waals surface area contributed by atoms with Crippen molar-refractivity contribution >= 4 is 19.7 Å². The second kappa shape index (κ2) is 47.9. The Balaban J connectivity index is 5.25. The molecule has 0 aliphatic heterocycles. The van der Waals surface area contributed by atoms with Crippen molar-refractivity contribution in [2.24, 2.45) is 0 Å². The second-order valence-corrected chi connectivity index (χ2v) is 21.9. The highest BCUT2D eigenvalue weighted by Gasteiger charge is 2.30. The van der Waals surface area contributed by atoms with Gasteiger partial charge < -0.3 is 19.4 Å². The molecular weight excluding hydrogens is 856 g/mol. The van der Waals surface area contributed by atoms with Crippen LogP contribution >= 0.6 is 7.82 Å². The second-order valence-electron chi connectivity index (χ2n) is 20.5. The van der Waals surface area contributed by atoms with Crippen LogP contribution in [0.2, 0.25) is 0 Å². The maximum absolute atomic E-state index is 13.4. The number of hydrogen-bond donors (Lipinski definition) is 2. The largest absolute Gasteiger partial charge is 0.472 e. The lowest BCUT2D eigenvalue weighted by molar-refractivity contribution is -0.870. The van der Waals surface area contributed by atoms with E-state index >= 15 is 0 Å². The van der Waals surface area contributed by atoms with Crippen LogP contribution in [0.4, 0.5) is 0 Å². The Hall–Kier alpha value is -1.77. The van der Waals surface area contributed by atoms with Crippen molar-refractivity contribution in [3.8, 4) is 0 Å². The van der Waals surface area contributed by atoms with E-state index < -0.39 is 20.0 Å². The summed E-state index contributed by atoms with van der Waals surface area (Å²) in [6, 6.07) is -0.843. The first-order valence-electron chi connectivity index (χ1n) is 28.3. The molecule has 0 bridgehead atoms. The molecule has 0 aromatic carbocycles. The number of ether oxygens (including phenoxy) is 1. The summed E-state index contributed by atoms with van der Waals surface area (Å²) in [5.41, 5.74) is 0. The van der Waals surface area contributed by atoms with Gasteiger partial charge in [-0.15, -0.1) is 0 Å². The number of likely N-dealkylation sites (N-methyl/N-ethyl adjacent to an activating group) is 1. The van der Waals surface area contributed by atoms with Crippen molar-refractivity contribution in [2.45, 2.75) is 277 Å². The third-order valence-corrected chi connectivity index (χ3v) is 13.6. The number of amides is 1. The quantitative estimate of drug-likeness (QED) is 0.0205. The van der Waals surface area contributed by atoms with Crippen LogP contribution in [0.5, 0.6) is 0 Å². The fourth-order valence-electron chi connectivity index (χ4n) is 8.15. The van der Waals surface area contributed by atoms with E-state index in [0.717, 1.165) is 64.2 Å². The van der Waals surface area contributed by atoms with Crippen molar-refractivity contribution in [2.75, 3.05) is 40.9 Å². The van der Waals surface area contributed by atoms with Crippen molar-refractivity contribution in [3.05, 3.63) is 36.5 Å². The van der Waals surface area contributed by atoms with Crippen LogP contribution in [0.15, 0.2) is 36.5 Å². The molecule has 0 fully saturated rings. The monoisotopic (exact) mass is 966 g/mol. The molecule has 394 valence electrons. The molecule has 0 saturated carbocycles. The molecule has 0 aromatic rings. The lowest BCUT2D eigenvalue weighted by Crippen LogP contribution is -2.47. The number of esters is 1. The molecule has 0 rings (SSSR count). The molecule has 9 nitrogen and oxygen atoms in total. The molecule has 0 aliphatic carbocycles. The third kappa shape index (κ3) is 49.0. The zero-order chi connectivity index (χ0) is 49.4. The van der Waals surface area contributed by atoms with Gasteiger partial charge in [0.2, 0.25) is 5.91 Å². The first kappa shape index (κ1) is 65.2. The average molecular weight is 966 g/mol. The fourth-order valence-corrected chi connectivity index (χ4v) is 8.88. The number of allylic oxidation sites excluding steroid dienone is 5. The van der Waals surface area contributed by atoms with E-state index in [4.69, 9.17) is 13.8 Å². The number of nitrogens with zero attached hydrogens (tertiary/aromatic N) is 1. The van der Waals surface area contributed by atoms with Crippen LogP contribution in [-0.4, -0.2) is 74.3 Å². The van der Waals surface area contributed by atoms with E-state index in [1.54, 1.807) is 0 Å². The van der Waals surface area contributed by atoms with Gasteiger partial charge in [0.05, 0.1) is 33.8 Å². The van der Waals surface area contributed by atoms with Gasteiger partial charge in [0.15, 0.2) is 0 Å². The molecule has 10 heteroatoms. The number of nitrogens with one attached hydrogen (secondary N) is 1. The van der Waals surface area contributed by atoms with Gasteiger partial charge in [0.1, 0.15) is 19.3 Å². The normalized spacial score (nSPS) is 14.1. The van der Waals surface area contributed by atoms with E-state index in [2.05, 4.69) is 50.4 Å². The summed E-state index contributed by atoms with van der Waals surface area (Å²) in [4.78, 5) is 37.5. The summed E-state index contributed by atoms with van der Waals surface area (Å²) in [6.45, 7) is 6.98. The Morgan fingerprint density at radius 3 is 1.37 bits per heavy atom. The Kier molecular flexibility index (Phi) is 46.6. The number of hydrogen-bond acceptors (Lipinski definition) is 6. The van der Waals surface area contributed by atoms with Crippen LogP contribution < -0.4 is 5.32 Å². The van der Waals surface area contributed by atoms with Gasteiger partial charge in [-0.25, -0.2) is 4.57 Å². The van der Waals surface area contributed by atoms with E-state index in [1.807, 2.05) is 33.3 Å². The molecule has 1 amide bonds. The third-order valence-electron chi connectivity index (χ3n) is 12.6. The van der Waals surface area contributed by atoms with E-state index in [0.29, 0.717) is 17.4 Å². The number of unbranched alkanes of at least 4 members (excludes halogenated alkanes) is 31. The van der Waals surface area contributed by atoms with Gasteiger partial charge in [-0.2, -0.15) is 0 Å². The molecule has 67 heavy (non-hydrogen) atoms. The molecular formula is C57H110N2O7P+. The Labute approximate surface area is 415 Å². The van der Waals surface area contributed by atoms with Crippen LogP contribution in [0.25, 0.3) is 0 Å². The van der Waals surface area contributed by atoms with Gasteiger partial charge in [-0.1, -0.05) is 225 Å². The van der Waals surface area contributed by atoms with E-state index in [1.165, 1.54) is 167 Å². The molecule has 0 saturated heterocycles. The number of rotatable bonds is 51. The van der Waals surface area contributed by atoms with E-state index in [-0.39, 0.29) is 31.5 Å². The molecule has 0 aromatic heterocycles. The number of carbonyl (C=O) groups is 2. The van der Waals surface area contributed by atoms with Crippen molar-refractivity contribution in [3.63, 3.8) is 0 Å². The number of carbonyl (C=O) groups excluding carboxylic acids is 2. The highest BCUT2D eigenvalue weighted by molar-refractivity contribution is 7.47. The smallest absolute Gasteiger partial charge is 0.456 e. The molecule has 0 radical (unpaired) electrons. The summed E-state index contributed by atoms with van der Waals surface area (Å²) in [5, 5.41) is 3.04. The van der Waals surface area contributed by atoms with Crippen LogP contribution in [-0.2, 0) is 27.9 Å². The summed E-state index contributed by atoms with van der Waals surface area (Å²) >= 11 is 0. The highest BCUT2D eigenvalue weighted by Crippen LogP contribution is 2.43. The summed E-state index contributed by atoms with van der Waals surface area (Å²) < 4.78 is 30.5. The van der Waals surface area contributed by atoms with Crippen LogP contribution in [0.1, 0.15) is 265 Å². The van der Waals surface area contributed by atoms with Gasteiger partial charge in [-0.3, -0.25) is 18.6 Å². The van der Waals surface area contributed by atoms with Gasteiger partial charge in [0, 0.05) is 12.8 Å². The Bertz CT molecular complexity index is 1250. The predicted molar refractivity (Wildman–Crippen MR) is 286 cm³/mol. The van der Waals surface area contributed by atoms with Crippen LogP contribution in [0, 0.1) is 0 Å². The topological polar surface area (TPSA) is 111 Å². The Morgan fingerprint density at radius 2 is 0.910 bits per heavy atom. The van der Waals surface area contributed by atoms with Crippen LogP contribution in [0.3, 0.4) is 0 Å². The summed E-state index contributed by atoms with van der Waals surface area (Å²) in [7, 11) is 1.50. The standard InChI is InChI=1S/C57H109N2O7P/c1-7-10-13-16-19-22-25-26-27-28-29-30-31-32-35-38-41-44-47-50-57(61)66-55(48-45-42-39-36-33-23-20-17-14-11-8-2)54(53-65-67(62,63)64-52-51-59(4,5)6)58-56(60)49-46-43-40-37-34-24-21-18-15-12-9-3/h19,22,26-27,45,48,54-55H,7-18,20-21,23-25,28-44,46-47,49-53H2,1-6H3,(H-,58,60,62,63)/p+1/b22-19-,27-26-,48-45+. The number of phosphoric ester groups is 1. The average Bonchev–Trinajstić information content (AvgIpc) is 3.28. The van der Waals surface area contributed by atoms with Crippen molar-refractivity contribution in [1.82, 2.24) is 5.32 Å². The SMILES string of the molecule is CCCCC/C=C\C/C=C\CCCCCCCCCCCC(=O)OC(/C=C/CCCCCCCCCCC)C(COP(=O)(O)OCC[N+](C)(C)C)NC(=O)CCCCCCCCCCCCC. The zero-order valence-corrected chi connectivity index (χ0v) is 45.8. The molecule has 0 spiro atoms. The first-order valence-corrected chi connectivity index (χ1v) is 29.8. The number of phosphoric acid groups is 1. The van der Waals surface area contributed by atoms with Crippen molar-refractivity contribution in [1.29, 1.82) is 0 Å². The fraction of sp³-hybridized carbons (Fsp3) is 0.860. The van der Waals surface area contributed by atoms with Gasteiger partial charge in [0.25, 0.3) is 0 Å². The zero-order valence-electron chi connectivity index (χ0n) is 44.9. The van der Waals surface area contributed by atoms with Gasteiger partial charge >= 0.3 is 13.8 Å². The minimum atomic E-state index is -4.44. The lowest BCUT2D eigenvalue weighted by atomic mass is 10.0. The first-order chi connectivity index (χ1) is 32.4. The molecule has 0 aliphatic rings. The maximum Gasteiger partial charge on any atom is 0.472 e. The minimum Gasteiger partial charge on any atom is -0.456 e. The highest BCUT2D eigenvalue weighted by atomic mass is 31.2. The van der Waals surface area contributed by atoms with E-state index in [9.17, 15) is 19.0 Å². The predicted octanol–water partition coefficient (Wildman–Crippen LogP) is 16.8. The van der Waals surface area contributed by atoms with Gasteiger partial charge in [-0.05, 0) is 63.9 Å². The molecule has 3 atom stereocenters. The summed E-state index contributed by atoms with van der Waals surface area (Å²) in [6.07, 6.45) is 55.6. The Morgan fingerprint density at radius 1 is 0.522 bits per heavy atom. The molecule has 3 unspecified atom stereocenters. The summed E-state index contributed by atoms with van der Waals surface area (Å²) in [5.74, 6) is -0.504. The lowest BCUT2D eigenvalue weighted by Gasteiger charge is -2.27.